The van der Waals surface area contributed by atoms with Gasteiger partial charge in [0, 0.05) is 30.9 Å². The molecule has 2 rings (SSSR count). The zero-order valence-electron chi connectivity index (χ0n) is 11.8. The fraction of sp³-hybridized carbons (Fsp3) is 0.786. The van der Waals surface area contributed by atoms with Crippen LogP contribution in [0.3, 0.4) is 0 Å². The predicted octanol–water partition coefficient (Wildman–Crippen LogP) is 2.17. The molecule has 0 atom stereocenters. The van der Waals surface area contributed by atoms with Gasteiger partial charge in [0.2, 0.25) is 0 Å². The zero-order valence-corrected chi connectivity index (χ0v) is 11.8. The second-order valence-corrected chi connectivity index (χ2v) is 5.86. The first-order valence-electron chi connectivity index (χ1n) is 7.06. The number of hydrogen-bond donors (Lipinski definition) is 1. The van der Waals surface area contributed by atoms with Crippen LogP contribution in [0.25, 0.3) is 0 Å². The maximum atomic E-state index is 5.95. The van der Waals surface area contributed by atoms with Gasteiger partial charge in [0.1, 0.15) is 0 Å². The van der Waals surface area contributed by atoms with Crippen LogP contribution in [-0.2, 0) is 6.54 Å². The number of nitrogens with two attached hydrogens (primary N) is 1. The third kappa shape index (κ3) is 3.33. The lowest BCUT2D eigenvalue weighted by molar-refractivity contribution is 0.174. The van der Waals surface area contributed by atoms with E-state index >= 15 is 0 Å². The normalized spacial score (nSPS) is 25.0. The van der Waals surface area contributed by atoms with Crippen molar-refractivity contribution in [1.82, 2.24) is 14.7 Å². The van der Waals surface area contributed by atoms with E-state index < -0.39 is 0 Å². The second kappa shape index (κ2) is 5.85. The third-order valence-electron chi connectivity index (χ3n) is 3.97. The molecule has 0 aromatic carbocycles. The van der Waals surface area contributed by atoms with Crippen molar-refractivity contribution in [2.24, 2.45) is 5.73 Å². The van der Waals surface area contributed by atoms with E-state index in [1.807, 2.05) is 4.68 Å². The lowest BCUT2D eigenvalue weighted by Gasteiger charge is -2.33. The molecule has 0 saturated heterocycles. The van der Waals surface area contributed by atoms with Crippen molar-refractivity contribution < 1.29 is 0 Å². The summed E-state index contributed by atoms with van der Waals surface area (Å²) in [5.41, 5.74) is 7.12. The summed E-state index contributed by atoms with van der Waals surface area (Å²) in [6, 6.07) is 3.67. The third-order valence-corrected chi connectivity index (χ3v) is 3.97. The Hall–Kier alpha value is -0.870. The van der Waals surface area contributed by atoms with Gasteiger partial charge in [-0.25, -0.2) is 0 Å². The van der Waals surface area contributed by atoms with E-state index in [0.717, 1.165) is 19.4 Å². The minimum atomic E-state index is 0.426. The number of hydrogen-bond acceptors (Lipinski definition) is 3. The molecule has 1 heterocycles. The molecule has 0 bridgehead atoms. The van der Waals surface area contributed by atoms with Gasteiger partial charge < -0.3 is 5.73 Å². The molecule has 102 valence electrons. The molecule has 1 aromatic rings. The summed E-state index contributed by atoms with van der Waals surface area (Å²) in [7, 11) is 2.20. The van der Waals surface area contributed by atoms with Crippen molar-refractivity contribution in [2.75, 3.05) is 7.05 Å². The van der Waals surface area contributed by atoms with E-state index in [0.29, 0.717) is 18.1 Å². The average molecular weight is 250 g/mol. The maximum absolute atomic E-state index is 5.95. The molecule has 1 aromatic heterocycles. The summed E-state index contributed by atoms with van der Waals surface area (Å²) >= 11 is 0. The van der Waals surface area contributed by atoms with Gasteiger partial charge in [-0.1, -0.05) is 0 Å². The molecule has 1 aliphatic carbocycles. The molecule has 1 aliphatic rings. The van der Waals surface area contributed by atoms with E-state index in [4.69, 9.17) is 5.73 Å². The molecular formula is C14H26N4. The monoisotopic (exact) mass is 250 g/mol. The molecule has 1 saturated carbocycles. The van der Waals surface area contributed by atoms with E-state index in [1.165, 1.54) is 18.5 Å². The smallest absolute Gasteiger partial charge is 0.0764 e. The van der Waals surface area contributed by atoms with Crippen LogP contribution in [0.5, 0.6) is 0 Å². The van der Waals surface area contributed by atoms with Gasteiger partial charge in [-0.15, -0.1) is 0 Å². The summed E-state index contributed by atoms with van der Waals surface area (Å²) < 4.78 is 2.03. The highest BCUT2D eigenvalue weighted by Gasteiger charge is 2.22. The Balaban J connectivity index is 1.88. The summed E-state index contributed by atoms with van der Waals surface area (Å²) in [4.78, 5) is 2.43. The van der Waals surface area contributed by atoms with Crippen LogP contribution in [0, 0.1) is 0 Å². The minimum absolute atomic E-state index is 0.426. The van der Waals surface area contributed by atoms with E-state index in [1.54, 1.807) is 0 Å². The molecule has 2 N–H and O–H groups in total. The standard InChI is InChI=1S/C14H26N4/c1-11(2)18-9-8-13(16-18)10-17(3)14-6-4-12(15)5-7-14/h8-9,11-12,14H,4-7,10,15H2,1-3H3. The molecule has 0 spiro atoms. The summed E-state index contributed by atoms with van der Waals surface area (Å²) in [5, 5.41) is 4.61. The van der Waals surface area contributed by atoms with Crippen molar-refractivity contribution in [1.29, 1.82) is 0 Å². The fourth-order valence-electron chi connectivity index (χ4n) is 2.68. The topological polar surface area (TPSA) is 47.1 Å². The summed E-state index contributed by atoms with van der Waals surface area (Å²) in [5.74, 6) is 0. The molecule has 4 heteroatoms. The van der Waals surface area contributed by atoms with Crippen LogP contribution < -0.4 is 5.73 Å². The molecule has 0 amide bonds. The molecule has 0 unspecified atom stereocenters. The van der Waals surface area contributed by atoms with Crippen molar-refractivity contribution in [3.63, 3.8) is 0 Å². The molecular weight excluding hydrogens is 224 g/mol. The molecule has 18 heavy (non-hydrogen) atoms. The van der Waals surface area contributed by atoms with Crippen molar-refractivity contribution in [3.05, 3.63) is 18.0 Å². The summed E-state index contributed by atoms with van der Waals surface area (Å²) in [6.45, 7) is 5.26. The molecule has 1 fully saturated rings. The number of rotatable bonds is 4. The second-order valence-electron chi connectivity index (χ2n) is 5.86. The van der Waals surface area contributed by atoms with Crippen LogP contribution in [0.15, 0.2) is 12.3 Å². The van der Waals surface area contributed by atoms with Crippen molar-refractivity contribution in [2.45, 2.75) is 64.2 Å². The quantitative estimate of drug-likeness (QED) is 0.891. The van der Waals surface area contributed by atoms with E-state index in [-0.39, 0.29) is 0 Å². The first-order valence-corrected chi connectivity index (χ1v) is 7.06. The SMILES string of the molecule is CC(C)n1ccc(CN(C)C2CCC(N)CC2)n1. The van der Waals surface area contributed by atoms with Crippen molar-refractivity contribution in [3.8, 4) is 0 Å². The highest BCUT2D eigenvalue weighted by molar-refractivity contribution is 5.00. The van der Waals surface area contributed by atoms with E-state index in [2.05, 4.69) is 43.2 Å². The van der Waals surface area contributed by atoms with Gasteiger partial charge in [0.05, 0.1) is 5.69 Å². The summed E-state index contributed by atoms with van der Waals surface area (Å²) in [6.07, 6.45) is 6.85. The highest BCUT2D eigenvalue weighted by atomic mass is 15.3. The van der Waals surface area contributed by atoms with Crippen LogP contribution in [-0.4, -0.2) is 33.8 Å². The number of aromatic nitrogens is 2. The maximum Gasteiger partial charge on any atom is 0.0764 e. The van der Waals surface area contributed by atoms with Crippen LogP contribution in [0.4, 0.5) is 0 Å². The van der Waals surface area contributed by atoms with Gasteiger partial charge in [-0.05, 0) is 52.6 Å². The van der Waals surface area contributed by atoms with Crippen LogP contribution in [0.2, 0.25) is 0 Å². The van der Waals surface area contributed by atoms with Gasteiger partial charge in [-0.3, -0.25) is 9.58 Å². The molecule has 4 nitrogen and oxygen atoms in total. The van der Waals surface area contributed by atoms with Gasteiger partial charge in [-0.2, -0.15) is 5.10 Å². The number of nitrogens with zero attached hydrogens (tertiary/aromatic N) is 3. The fourth-order valence-corrected chi connectivity index (χ4v) is 2.68. The van der Waals surface area contributed by atoms with Gasteiger partial charge in [0.15, 0.2) is 0 Å². The Morgan fingerprint density at radius 2 is 2.06 bits per heavy atom. The lowest BCUT2D eigenvalue weighted by atomic mass is 9.91. The van der Waals surface area contributed by atoms with Crippen molar-refractivity contribution >= 4 is 0 Å². The Kier molecular flexibility index (Phi) is 4.40. The van der Waals surface area contributed by atoms with Crippen LogP contribution >= 0.6 is 0 Å². The highest BCUT2D eigenvalue weighted by Crippen LogP contribution is 2.22. The van der Waals surface area contributed by atoms with Gasteiger partial charge >= 0.3 is 0 Å². The first-order chi connectivity index (χ1) is 8.56. The largest absolute Gasteiger partial charge is 0.328 e. The predicted molar refractivity (Wildman–Crippen MR) is 74.3 cm³/mol. The Bertz CT molecular complexity index is 364. The first kappa shape index (κ1) is 13.6. The zero-order chi connectivity index (χ0) is 13.1. The Morgan fingerprint density at radius 1 is 1.39 bits per heavy atom. The minimum Gasteiger partial charge on any atom is -0.328 e. The molecule has 0 aliphatic heterocycles. The van der Waals surface area contributed by atoms with Gasteiger partial charge in [0.25, 0.3) is 0 Å². The van der Waals surface area contributed by atoms with E-state index in [9.17, 15) is 0 Å². The average Bonchev–Trinajstić information content (AvgIpc) is 2.78. The Labute approximate surface area is 110 Å². The van der Waals surface area contributed by atoms with Crippen LogP contribution in [0.1, 0.15) is 51.3 Å². The lowest BCUT2D eigenvalue weighted by Crippen LogP contribution is -2.38. The molecule has 0 radical (unpaired) electrons. The Morgan fingerprint density at radius 3 is 2.61 bits per heavy atom.